The van der Waals surface area contributed by atoms with E-state index in [1.807, 2.05) is 22.6 Å². The Morgan fingerprint density at radius 2 is 2.04 bits per heavy atom. The molecule has 0 bridgehead atoms. The topological polar surface area (TPSA) is 77.0 Å². The van der Waals surface area contributed by atoms with Crippen molar-refractivity contribution in [3.8, 4) is 0 Å². The first kappa shape index (κ1) is 20.8. The van der Waals surface area contributed by atoms with Crippen LogP contribution in [0.4, 0.5) is 0 Å². The Balaban J connectivity index is 2.19. The summed E-state index contributed by atoms with van der Waals surface area (Å²) in [7, 11) is 0. The molecule has 0 aliphatic carbocycles. The van der Waals surface area contributed by atoms with Crippen LogP contribution in [0.3, 0.4) is 0 Å². The molecule has 1 saturated heterocycles. The van der Waals surface area contributed by atoms with Gasteiger partial charge in [-0.25, -0.2) is 9.67 Å². The minimum atomic E-state index is -0.213. The molecule has 2 N–H and O–H groups in total. The van der Waals surface area contributed by atoms with Gasteiger partial charge in [0.2, 0.25) is 0 Å². The number of pyridine rings is 1. The van der Waals surface area contributed by atoms with E-state index in [1.165, 1.54) is 0 Å². The first-order valence-corrected chi connectivity index (χ1v) is 10.5. The van der Waals surface area contributed by atoms with Crippen LogP contribution in [-0.2, 0) is 5.54 Å². The average Bonchev–Trinajstić information content (AvgIpc) is 2.97. The maximum Gasteiger partial charge on any atom is 0.255 e. The van der Waals surface area contributed by atoms with Gasteiger partial charge < -0.3 is 10.6 Å². The van der Waals surface area contributed by atoms with Crippen molar-refractivity contribution in [2.75, 3.05) is 13.1 Å². The normalized spacial score (nSPS) is 21.0. The van der Waals surface area contributed by atoms with Crippen LogP contribution in [0.15, 0.2) is 6.07 Å². The fourth-order valence-corrected chi connectivity index (χ4v) is 4.14. The van der Waals surface area contributed by atoms with Crippen LogP contribution in [0.1, 0.15) is 82.0 Å². The molecular formula is C22H35N5O. The number of amides is 1. The standard InChI is InChI=1S/C22H35N5O/c1-13(2)18-11-17(21(28)26-9-8-14(3)10-16(26)12-23)19-15(4)25-27(20(19)24-18)22(5,6)7/h11,13-14,16H,8-10,12,23H2,1-7H3. The number of hydrogen-bond donors (Lipinski definition) is 1. The number of likely N-dealkylation sites (tertiary alicyclic amines) is 1. The minimum absolute atomic E-state index is 0.0632. The second-order valence-corrected chi connectivity index (χ2v) is 9.63. The minimum Gasteiger partial charge on any atom is -0.334 e. The predicted octanol–water partition coefficient (Wildman–Crippen LogP) is 3.82. The van der Waals surface area contributed by atoms with E-state index in [1.54, 1.807) is 0 Å². The zero-order valence-electron chi connectivity index (χ0n) is 18.4. The van der Waals surface area contributed by atoms with Gasteiger partial charge in [0.1, 0.15) is 0 Å². The molecule has 0 aromatic carbocycles. The molecule has 154 valence electrons. The van der Waals surface area contributed by atoms with E-state index < -0.39 is 0 Å². The van der Waals surface area contributed by atoms with E-state index in [0.29, 0.717) is 12.5 Å². The lowest BCUT2D eigenvalue weighted by Crippen LogP contribution is -2.49. The molecule has 2 unspecified atom stereocenters. The molecule has 3 rings (SSSR count). The highest BCUT2D eigenvalue weighted by molar-refractivity contribution is 6.06. The van der Waals surface area contributed by atoms with Crippen molar-refractivity contribution < 1.29 is 4.79 Å². The van der Waals surface area contributed by atoms with Crippen LogP contribution in [0.2, 0.25) is 0 Å². The summed E-state index contributed by atoms with van der Waals surface area (Å²) in [5.74, 6) is 0.895. The molecule has 2 aromatic rings. The van der Waals surface area contributed by atoms with Crippen molar-refractivity contribution in [2.45, 2.75) is 78.8 Å². The number of carbonyl (C=O) groups excluding carboxylic acids is 1. The van der Waals surface area contributed by atoms with Crippen molar-refractivity contribution in [3.63, 3.8) is 0 Å². The van der Waals surface area contributed by atoms with E-state index in [-0.39, 0.29) is 23.4 Å². The average molecular weight is 386 g/mol. The molecule has 0 saturated carbocycles. The van der Waals surface area contributed by atoms with Gasteiger partial charge in [-0.1, -0.05) is 20.8 Å². The number of fused-ring (bicyclic) bond motifs is 1. The van der Waals surface area contributed by atoms with Gasteiger partial charge in [0, 0.05) is 24.8 Å². The molecule has 1 fully saturated rings. The molecule has 0 spiro atoms. The van der Waals surface area contributed by atoms with Gasteiger partial charge >= 0.3 is 0 Å². The summed E-state index contributed by atoms with van der Waals surface area (Å²) < 4.78 is 1.96. The van der Waals surface area contributed by atoms with Gasteiger partial charge in [-0.3, -0.25) is 4.79 Å². The molecule has 1 amide bonds. The van der Waals surface area contributed by atoms with Crippen LogP contribution in [0.5, 0.6) is 0 Å². The SMILES string of the molecule is Cc1nn(C(C)(C)C)c2nc(C(C)C)cc(C(=O)N3CCC(C)CC3CN)c12. The maximum atomic E-state index is 13.7. The number of nitrogens with zero attached hydrogens (tertiary/aromatic N) is 4. The fraction of sp³-hybridized carbons (Fsp3) is 0.682. The molecule has 6 nitrogen and oxygen atoms in total. The van der Waals surface area contributed by atoms with Gasteiger partial charge in [-0.05, 0) is 58.4 Å². The van der Waals surface area contributed by atoms with E-state index in [2.05, 4.69) is 41.5 Å². The van der Waals surface area contributed by atoms with Crippen LogP contribution >= 0.6 is 0 Å². The lowest BCUT2D eigenvalue weighted by molar-refractivity contribution is 0.0575. The van der Waals surface area contributed by atoms with Crippen LogP contribution in [0.25, 0.3) is 11.0 Å². The first-order valence-electron chi connectivity index (χ1n) is 10.5. The molecule has 28 heavy (non-hydrogen) atoms. The summed E-state index contributed by atoms with van der Waals surface area (Å²) in [5.41, 5.74) is 9.12. The molecule has 1 aliphatic heterocycles. The number of nitrogens with two attached hydrogens (primary N) is 1. The number of piperidine rings is 1. The smallest absolute Gasteiger partial charge is 0.255 e. The highest BCUT2D eigenvalue weighted by Gasteiger charge is 2.32. The highest BCUT2D eigenvalue weighted by atomic mass is 16.2. The Morgan fingerprint density at radius 3 is 2.61 bits per heavy atom. The van der Waals surface area contributed by atoms with Crippen molar-refractivity contribution in [1.29, 1.82) is 0 Å². The lowest BCUT2D eigenvalue weighted by Gasteiger charge is -2.38. The van der Waals surface area contributed by atoms with Crippen molar-refractivity contribution in [1.82, 2.24) is 19.7 Å². The van der Waals surface area contributed by atoms with E-state index >= 15 is 0 Å². The summed E-state index contributed by atoms with van der Waals surface area (Å²) in [6.07, 6.45) is 1.99. The van der Waals surface area contributed by atoms with E-state index in [4.69, 9.17) is 15.8 Å². The predicted molar refractivity (Wildman–Crippen MR) is 114 cm³/mol. The van der Waals surface area contributed by atoms with Crippen molar-refractivity contribution in [3.05, 3.63) is 23.0 Å². The number of carbonyl (C=O) groups is 1. The molecule has 2 atom stereocenters. The van der Waals surface area contributed by atoms with Crippen LogP contribution in [0, 0.1) is 12.8 Å². The number of aryl methyl sites for hydroxylation is 1. The van der Waals surface area contributed by atoms with Gasteiger partial charge in [-0.2, -0.15) is 5.10 Å². The Morgan fingerprint density at radius 1 is 1.36 bits per heavy atom. The Labute approximate surface area is 168 Å². The highest BCUT2D eigenvalue weighted by Crippen LogP contribution is 2.31. The molecule has 3 heterocycles. The zero-order chi connectivity index (χ0) is 20.8. The number of hydrogen-bond acceptors (Lipinski definition) is 4. The quantitative estimate of drug-likeness (QED) is 0.871. The molecule has 2 aromatic heterocycles. The zero-order valence-corrected chi connectivity index (χ0v) is 18.4. The lowest BCUT2D eigenvalue weighted by atomic mass is 9.91. The molecule has 1 aliphatic rings. The largest absolute Gasteiger partial charge is 0.334 e. The van der Waals surface area contributed by atoms with Crippen molar-refractivity contribution in [2.24, 2.45) is 11.7 Å². The third-order valence-electron chi connectivity index (χ3n) is 5.80. The Bertz CT molecular complexity index is 877. The maximum absolute atomic E-state index is 13.7. The Kier molecular flexibility index (Phi) is 5.54. The monoisotopic (exact) mass is 385 g/mol. The fourth-order valence-electron chi connectivity index (χ4n) is 4.14. The summed E-state index contributed by atoms with van der Waals surface area (Å²) >= 11 is 0. The first-order chi connectivity index (χ1) is 13.0. The molecule has 6 heteroatoms. The van der Waals surface area contributed by atoms with E-state index in [0.717, 1.165) is 47.4 Å². The summed E-state index contributed by atoms with van der Waals surface area (Å²) in [6.45, 7) is 16.0. The Hall–Kier alpha value is -1.95. The summed E-state index contributed by atoms with van der Waals surface area (Å²) in [6, 6.07) is 2.07. The summed E-state index contributed by atoms with van der Waals surface area (Å²) in [4.78, 5) is 20.6. The number of aromatic nitrogens is 3. The van der Waals surface area contributed by atoms with Crippen LogP contribution in [-0.4, -0.2) is 44.7 Å². The van der Waals surface area contributed by atoms with E-state index in [9.17, 15) is 4.79 Å². The third-order valence-corrected chi connectivity index (χ3v) is 5.80. The second-order valence-electron chi connectivity index (χ2n) is 9.63. The summed E-state index contributed by atoms with van der Waals surface area (Å²) in [5, 5.41) is 5.63. The van der Waals surface area contributed by atoms with Crippen molar-refractivity contribution >= 4 is 16.9 Å². The second kappa shape index (κ2) is 7.47. The molecule has 0 radical (unpaired) electrons. The van der Waals surface area contributed by atoms with Gasteiger partial charge in [0.25, 0.3) is 5.91 Å². The van der Waals surface area contributed by atoms with Gasteiger partial charge in [0.05, 0.1) is 22.2 Å². The van der Waals surface area contributed by atoms with Gasteiger partial charge in [-0.15, -0.1) is 0 Å². The molecular weight excluding hydrogens is 350 g/mol. The third kappa shape index (κ3) is 3.66. The van der Waals surface area contributed by atoms with Crippen LogP contribution < -0.4 is 5.73 Å². The number of rotatable bonds is 3. The van der Waals surface area contributed by atoms with Gasteiger partial charge in [0.15, 0.2) is 5.65 Å².